The minimum atomic E-state index is -4.73. The van der Waals surface area contributed by atoms with Gasteiger partial charge in [-0.1, -0.05) is 0 Å². The Morgan fingerprint density at radius 1 is 1.56 bits per heavy atom. The van der Waals surface area contributed by atoms with Crippen LogP contribution in [0.4, 0.5) is 13.2 Å². The Morgan fingerprint density at radius 2 is 2.19 bits per heavy atom. The highest BCUT2D eigenvalue weighted by atomic mass is 19.4. The molecular weight excluding hydrogens is 229 g/mol. The molecule has 0 saturated heterocycles. The maximum Gasteiger partial charge on any atom is 0.451 e. The van der Waals surface area contributed by atoms with Crippen LogP contribution in [0.3, 0.4) is 0 Å². The number of aromatic carboxylic acids is 1. The maximum absolute atomic E-state index is 12.2. The summed E-state index contributed by atoms with van der Waals surface area (Å²) in [6, 6.07) is 0. The molecule has 88 valence electrons. The number of ether oxygens (including phenoxy) is 1. The first-order valence-corrected chi connectivity index (χ1v) is 4.16. The van der Waals surface area contributed by atoms with Crippen molar-refractivity contribution in [3.63, 3.8) is 0 Å². The number of rotatable bonds is 3. The lowest BCUT2D eigenvalue weighted by atomic mass is 10.3. The molecule has 1 aromatic rings. The summed E-state index contributed by atoms with van der Waals surface area (Å²) in [6.45, 7) is 1.51. The second kappa shape index (κ2) is 4.33. The Labute approximate surface area is 87.9 Å². The Bertz CT molecular complexity index is 406. The molecular formula is C8H7F3N2O3. The van der Waals surface area contributed by atoms with Gasteiger partial charge in [-0.3, -0.25) is 0 Å². The van der Waals surface area contributed by atoms with Crippen LogP contribution in [-0.4, -0.2) is 27.7 Å². The summed E-state index contributed by atoms with van der Waals surface area (Å²) in [7, 11) is 0. The second-order valence-corrected chi connectivity index (χ2v) is 2.65. The lowest BCUT2D eigenvalue weighted by Crippen LogP contribution is -2.14. The lowest BCUT2D eigenvalue weighted by molar-refractivity contribution is -0.145. The number of hydrogen-bond donors (Lipinski definition) is 1. The zero-order chi connectivity index (χ0) is 12.3. The van der Waals surface area contributed by atoms with E-state index < -0.39 is 29.4 Å². The van der Waals surface area contributed by atoms with Crippen LogP contribution in [0.1, 0.15) is 23.1 Å². The highest BCUT2D eigenvalue weighted by Gasteiger charge is 2.36. The number of halogens is 3. The maximum atomic E-state index is 12.2. The second-order valence-electron chi connectivity index (χ2n) is 2.65. The molecule has 0 amide bonds. The minimum Gasteiger partial charge on any atom is -0.477 e. The van der Waals surface area contributed by atoms with Crippen LogP contribution >= 0.6 is 0 Å². The van der Waals surface area contributed by atoms with Crippen LogP contribution in [-0.2, 0) is 6.18 Å². The average molecular weight is 236 g/mol. The summed E-state index contributed by atoms with van der Waals surface area (Å²) in [6.07, 6.45) is -4.16. The lowest BCUT2D eigenvalue weighted by Gasteiger charge is -2.09. The molecule has 0 aliphatic carbocycles. The van der Waals surface area contributed by atoms with Crippen molar-refractivity contribution in [2.45, 2.75) is 13.1 Å². The summed E-state index contributed by atoms with van der Waals surface area (Å²) < 4.78 is 41.3. The zero-order valence-electron chi connectivity index (χ0n) is 8.08. The smallest absolute Gasteiger partial charge is 0.451 e. The SMILES string of the molecule is CCOc1nc(C(F)(F)F)ncc1C(=O)O. The minimum absolute atomic E-state index is 0.00852. The van der Waals surface area contributed by atoms with Crippen LogP contribution in [0.2, 0.25) is 0 Å². The summed E-state index contributed by atoms with van der Waals surface area (Å²) in [5, 5.41) is 8.64. The number of nitrogens with zero attached hydrogens (tertiary/aromatic N) is 2. The summed E-state index contributed by atoms with van der Waals surface area (Å²) in [5.41, 5.74) is -0.505. The van der Waals surface area contributed by atoms with Gasteiger partial charge in [0.2, 0.25) is 11.7 Å². The van der Waals surface area contributed by atoms with Crippen molar-refractivity contribution in [2.75, 3.05) is 6.61 Å². The Balaban J connectivity index is 3.22. The molecule has 16 heavy (non-hydrogen) atoms. The van der Waals surface area contributed by atoms with E-state index in [1.165, 1.54) is 6.92 Å². The highest BCUT2D eigenvalue weighted by Crippen LogP contribution is 2.28. The predicted molar refractivity (Wildman–Crippen MR) is 45.2 cm³/mol. The molecule has 0 fully saturated rings. The molecule has 1 aromatic heterocycles. The molecule has 0 radical (unpaired) electrons. The van der Waals surface area contributed by atoms with Crippen molar-refractivity contribution in [1.29, 1.82) is 0 Å². The predicted octanol–water partition coefficient (Wildman–Crippen LogP) is 1.59. The van der Waals surface area contributed by atoms with Crippen LogP contribution in [0.5, 0.6) is 5.88 Å². The number of hydrogen-bond acceptors (Lipinski definition) is 4. The van der Waals surface area contributed by atoms with Crippen LogP contribution in [0, 0.1) is 0 Å². The molecule has 5 nitrogen and oxygen atoms in total. The first-order chi connectivity index (χ1) is 7.36. The van der Waals surface area contributed by atoms with Crippen LogP contribution in [0.15, 0.2) is 6.20 Å². The number of alkyl halides is 3. The number of carboxylic acid groups (broad SMARTS) is 1. The van der Waals surface area contributed by atoms with Gasteiger partial charge in [0.25, 0.3) is 0 Å². The molecule has 0 unspecified atom stereocenters. The third kappa shape index (κ3) is 2.59. The van der Waals surface area contributed by atoms with E-state index in [9.17, 15) is 18.0 Å². The summed E-state index contributed by atoms with van der Waals surface area (Å²) in [5.74, 6) is -3.46. The van der Waals surface area contributed by atoms with Crippen molar-refractivity contribution < 1.29 is 27.8 Å². The van der Waals surface area contributed by atoms with Gasteiger partial charge >= 0.3 is 12.1 Å². The van der Waals surface area contributed by atoms with Crippen molar-refractivity contribution >= 4 is 5.97 Å². The molecule has 0 aromatic carbocycles. The third-order valence-electron chi connectivity index (χ3n) is 1.52. The molecule has 0 saturated carbocycles. The summed E-state index contributed by atoms with van der Waals surface area (Å²) >= 11 is 0. The zero-order valence-corrected chi connectivity index (χ0v) is 8.08. The van der Waals surface area contributed by atoms with Gasteiger partial charge in [0.15, 0.2) is 0 Å². The number of carboxylic acids is 1. The number of aromatic nitrogens is 2. The Hall–Kier alpha value is -1.86. The van der Waals surface area contributed by atoms with Gasteiger partial charge in [0.05, 0.1) is 6.61 Å². The molecule has 0 atom stereocenters. The van der Waals surface area contributed by atoms with Crippen LogP contribution in [0.25, 0.3) is 0 Å². The van der Waals surface area contributed by atoms with Gasteiger partial charge in [-0.05, 0) is 6.92 Å². The first kappa shape index (κ1) is 12.2. The monoisotopic (exact) mass is 236 g/mol. The van der Waals surface area contributed by atoms with Crippen LogP contribution < -0.4 is 4.74 Å². The van der Waals surface area contributed by atoms with E-state index in [1.807, 2.05) is 0 Å². The standard InChI is InChI=1S/C8H7F3N2O3/c1-2-16-5-4(6(14)15)3-12-7(13-5)8(9,10)11/h3H,2H2,1H3,(H,14,15). The van der Waals surface area contributed by atoms with Gasteiger partial charge in [0, 0.05) is 6.20 Å². The Morgan fingerprint density at radius 3 is 2.62 bits per heavy atom. The molecule has 1 rings (SSSR count). The van der Waals surface area contributed by atoms with Gasteiger partial charge < -0.3 is 9.84 Å². The molecule has 1 heterocycles. The van der Waals surface area contributed by atoms with Gasteiger partial charge in [-0.2, -0.15) is 18.2 Å². The topological polar surface area (TPSA) is 72.3 Å². The van der Waals surface area contributed by atoms with E-state index in [4.69, 9.17) is 9.84 Å². The van der Waals surface area contributed by atoms with E-state index in [1.54, 1.807) is 0 Å². The molecule has 0 aliphatic rings. The van der Waals surface area contributed by atoms with Gasteiger partial charge in [0.1, 0.15) is 5.56 Å². The number of carbonyl (C=O) groups is 1. The van der Waals surface area contributed by atoms with Gasteiger partial charge in [-0.15, -0.1) is 0 Å². The fraction of sp³-hybridized carbons (Fsp3) is 0.375. The third-order valence-corrected chi connectivity index (χ3v) is 1.52. The van der Waals surface area contributed by atoms with Crippen molar-refractivity contribution in [2.24, 2.45) is 0 Å². The molecule has 0 bridgehead atoms. The largest absolute Gasteiger partial charge is 0.477 e. The van der Waals surface area contributed by atoms with E-state index in [-0.39, 0.29) is 6.61 Å². The van der Waals surface area contributed by atoms with Gasteiger partial charge in [-0.25, -0.2) is 9.78 Å². The van der Waals surface area contributed by atoms with E-state index >= 15 is 0 Å². The Kier molecular flexibility index (Phi) is 3.31. The molecule has 8 heteroatoms. The fourth-order valence-electron chi connectivity index (χ4n) is 0.896. The summed E-state index contributed by atoms with van der Waals surface area (Å²) in [4.78, 5) is 16.5. The van der Waals surface area contributed by atoms with E-state index in [0.717, 1.165) is 0 Å². The average Bonchev–Trinajstić information content (AvgIpc) is 2.16. The molecule has 1 N–H and O–H groups in total. The fourth-order valence-corrected chi connectivity index (χ4v) is 0.896. The molecule has 0 aliphatic heterocycles. The normalized spacial score (nSPS) is 11.2. The highest BCUT2D eigenvalue weighted by molar-refractivity contribution is 5.89. The quantitative estimate of drug-likeness (QED) is 0.862. The van der Waals surface area contributed by atoms with E-state index in [0.29, 0.717) is 6.20 Å². The first-order valence-electron chi connectivity index (χ1n) is 4.16. The van der Waals surface area contributed by atoms with Crippen molar-refractivity contribution in [3.8, 4) is 5.88 Å². The van der Waals surface area contributed by atoms with Crippen molar-refractivity contribution in [3.05, 3.63) is 17.6 Å². The molecule has 0 spiro atoms. The van der Waals surface area contributed by atoms with E-state index in [2.05, 4.69) is 9.97 Å². The van der Waals surface area contributed by atoms with Crippen molar-refractivity contribution in [1.82, 2.24) is 9.97 Å².